The number of hydrogen-bond acceptors (Lipinski definition) is 4. The van der Waals surface area contributed by atoms with Gasteiger partial charge in [-0.2, -0.15) is 0 Å². The third-order valence-corrected chi connectivity index (χ3v) is 4.33. The third-order valence-electron chi connectivity index (χ3n) is 4.33. The van der Waals surface area contributed by atoms with Crippen molar-refractivity contribution in [3.05, 3.63) is 35.4 Å². The lowest BCUT2D eigenvalue weighted by Gasteiger charge is -2.34. The van der Waals surface area contributed by atoms with E-state index < -0.39 is 17.9 Å². The van der Waals surface area contributed by atoms with Gasteiger partial charge in [0.05, 0.1) is 18.6 Å². The van der Waals surface area contributed by atoms with Crippen molar-refractivity contribution in [2.45, 2.75) is 19.8 Å². The van der Waals surface area contributed by atoms with Gasteiger partial charge in [0.15, 0.2) is 0 Å². The van der Waals surface area contributed by atoms with E-state index in [9.17, 15) is 19.5 Å². The molecule has 0 saturated carbocycles. The standard InChI is InChI=1S/C18H24N2O5/c1-12-8-15(16(21)22)11-20(10-12)18(24)19-7-6-13-4-3-5-14(9-13)17(23)25-2/h3-5,9,12,15H,6-8,10-11H2,1-2H3,(H,19,24)(H,21,22). The number of rotatable bonds is 5. The lowest BCUT2D eigenvalue weighted by atomic mass is 9.91. The van der Waals surface area contributed by atoms with Crippen LogP contribution < -0.4 is 5.32 Å². The smallest absolute Gasteiger partial charge is 0.337 e. The molecule has 2 unspecified atom stereocenters. The number of carbonyl (C=O) groups excluding carboxylic acids is 2. The Labute approximate surface area is 147 Å². The van der Waals surface area contributed by atoms with Gasteiger partial charge in [-0.15, -0.1) is 0 Å². The van der Waals surface area contributed by atoms with E-state index in [-0.39, 0.29) is 18.5 Å². The Morgan fingerprint density at radius 2 is 2.08 bits per heavy atom. The van der Waals surface area contributed by atoms with E-state index in [1.165, 1.54) is 7.11 Å². The maximum atomic E-state index is 12.3. The third kappa shape index (κ3) is 5.20. The second-order valence-electron chi connectivity index (χ2n) is 6.45. The summed E-state index contributed by atoms with van der Waals surface area (Å²) in [5, 5.41) is 12.0. The van der Waals surface area contributed by atoms with E-state index >= 15 is 0 Å². The van der Waals surface area contributed by atoms with Crippen LogP contribution in [-0.2, 0) is 16.0 Å². The fourth-order valence-corrected chi connectivity index (χ4v) is 3.09. The first-order valence-corrected chi connectivity index (χ1v) is 8.33. The number of carbonyl (C=O) groups is 3. The molecule has 136 valence electrons. The van der Waals surface area contributed by atoms with Crippen molar-refractivity contribution in [3.8, 4) is 0 Å². The minimum Gasteiger partial charge on any atom is -0.481 e. The molecule has 1 fully saturated rings. The topological polar surface area (TPSA) is 95.9 Å². The number of benzene rings is 1. The molecule has 1 saturated heterocycles. The molecule has 7 nitrogen and oxygen atoms in total. The molecule has 0 bridgehead atoms. The van der Waals surface area contributed by atoms with E-state index in [1.807, 2.05) is 13.0 Å². The van der Waals surface area contributed by atoms with Gasteiger partial charge < -0.3 is 20.1 Å². The van der Waals surface area contributed by atoms with E-state index in [0.29, 0.717) is 31.5 Å². The van der Waals surface area contributed by atoms with Crippen molar-refractivity contribution in [2.24, 2.45) is 11.8 Å². The van der Waals surface area contributed by atoms with E-state index in [2.05, 4.69) is 10.1 Å². The summed E-state index contributed by atoms with van der Waals surface area (Å²) >= 11 is 0. The zero-order chi connectivity index (χ0) is 18.4. The fraction of sp³-hybridized carbons (Fsp3) is 0.500. The highest BCUT2D eigenvalue weighted by molar-refractivity contribution is 5.89. The highest BCUT2D eigenvalue weighted by Gasteiger charge is 2.31. The molecule has 1 aromatic carbocycles. The molecule has 0 radical (unpaired) electrons. The summed E-state index contributed by atoms with van der Waals surface area (Å²) in [5.41, 5.74) is 1.39. The SMILES string of the molecule is COC(=O)c1cccc(CCNC(=O)N2CC(C)CC(C(=O)O)C2)c1. The monoisotopic (exact) mass is 348 g/mol. The number of ether oxygens (including phenoxy) is 1. The van der Waals surface area contributed by atoms with Gasteiger partial charge in [0.25, 0.3) is 0 Å². The molecule has 7 heteroatoms. The minimum absolute atomic E-state index is 0.164. The van der Waals surface area contributed by atoms with Crippen LogP contribution in [0.5, 0.6) is 0 Å². The van der Waals surface area contributed by atoms with Crippen LogP contribution in [0.2, 0.25) is 0 Å². The Hall–Kier alpha value is -2.57. The van der Waals surface area contributed by atoms with Crippen molar-refractivity contribution in [1.29, 1.82) is 0 Å². The first-order valence-electron chi connectivity index (χ1n) is 8.33. The molecule has 2 amide bonds. The number of urea groups is 1. The predicted molar refractivity (Wildman–Crippen MR) is 91.4 cm³/mol. The van der Waals surface area contributed by atoms with Gasteiger partial charge in [-0.05, 0) is 36.5 Å². The first kappa shape index (κ1) is 18.8. The van der Waals surface area contributed by atoms with Gasteiger partial charge in [0.1, 0.15) is 0 Å². The summed E-state index contributed by atoms with van der Waals surface area (Å²) < 4.78 is 4.69. The maximum absolute atomic E-state index is 12.3. The van der Waals surface area contributed by atoms with Crippen LogP contribution in [0.15, 0.2) is 24.3 Å². The molecule has 1 aromatic rings. The van der Waals surface area contributed by atoms with Crippen molar-refractivity contribution < 1.29 is 24.2 Å². The lowest BCUT2D eigenvalue weighted by molar-refractivity contribution is -0.143. The number of carboxylic acid groups (broad SMARTS) is 1. The molecular weight excluding hydrogens is 324 g/mol. The summed E-state index contributed by atoms with van der Waals surface area (Å²) in [5.74, 6) is -1.60. The first-order chi connectivity index (χ1) is 11.9. The number of piperidine rings is 1. The molecule has 2 rings (SSSR count). The average molecular weight is 348 g/mol. The second kappa shape index (κ2) is 8.50. The number of esters is 1. The van der Waals surface area contributed by atoms with Crippen LogP contribution in [0.1, 0.15) is 29.3 Å². The van der Waals surface area contributed by atoms with Crippen molar-refractivity contribution in [1.82, 2.24) is 10.2 Å². The lowest BCUT2D eigenvalue weighted by Crippen LogP contribution is -2.49. The summed E-state index contributed by atoms with van der Waals surface area (Å²) in [6, 6.07) is 6.81. The second-order valence-corrected chi connectivity index (χ2v) is 6.45. The molecule has 1 aliphatic rings. The number of nitrogens with one attached hydrogen (secondary N) is 1. The zero-order valence-corrected chi connectivity index (χ0v) is 14.5. The highest BCUT2D eigenvalue weighted by atomic mass is 16.5. The summed E-state index contributed by atoms with van der Waals surface area (Å²) in [6.45, 7) is 3.16. The Morgan fingerprint density at radius 3 is 2.76 bits per heavy atom. The van der Waals surface area contributed by atoms with Crippen molar-refractivity contribution >= 4 is 18.0 Å². The number of amides is 2. The van der Waals surface area contributed by atoms with Gasteiger partial charge in [-0.1, -0.05) is 19.1 Å². The number of likely N-dealkylation sites (tertiary alicyclic amines) is 1. The molecule has 1 aliphatic heterocycles. The maximum Gasteiger partial charge on any atom is 0.337 e. The normalized spacial score (nSPS) is 20.0. The predicted octanol–water partition coefficient (Wildman–Crippen LogP) is 1.77. The van der Waals surface area contributed by atoms with Gasteiger partial charge in [0, 0.05) is 19.6 Å². The summed E-state index contributed by atoms with van der Waals surface area (Å²) in [4.78, 5) is 36.5. The van der Waals surface area contributed by atoms with Crippen molar-refractivity contribution in [2.75, 3.05) is 26.7 Å². The summed E-state index contributed by atoms with van der Waals surface area (Å²) in [6.07, 6.45) is 1.17. The minimum atomic E-state index is -0.857. The van der Waals surface area contributed by atoms with Crippen LogP contribution in [0.4, 0.5) is 4.79 Å². The summed E-state index contributed by atoms with van der Waals surface area (Å²) in [7, 11) is 1.33. The van der Waals surface area contributed by atoms with E-state index in [1.54, 1.807) is 23.1 Å². The molecule has 2 atom stereocenters. The number of methoxy groups -OCH3 is 1. The quantitative estimate of drug-likeness (QED) is 0.791. The van der Waals surface area contributed by atoms with Crippen LogP contribution in [0.25, 0.3) is 0 Å². The van der Waals surface area contributed by atoms with Gasteiger partial charge in [-0.3, -0.25) is 4.79 Å². The molecule has 0 aromatic heterocycles. The fourth-order valence-electron chi connectivity index (χ4n) is 3.09. The van der Waals surface area contributed by atoms with Crippen LogP contribution >= 0.6 is 0 Å². The molecule has 25 heavy (non-hydrogen) atoms. The van der Waals surface area contributed by atoms with Crippen LogP contribution in [0.3, 0.4) is 0 Å². The van der Waals surface area contributed by atoms with Gasteiger partial charge in [-0.25, -0.2) is 9.59 Å². The van der Waals surface area contributed by atoms with E-state index in [4.69, 9.17) is 0 Å². The number of carboxylic acids is 1. The Bertz CT molecular complexity index is 646. The molecule has 0 aliphatic carbocycles. The molecule has 1 heterocycles. The zero-order valence-electron chi connectivity index (χ0n) is 14.5. The largest absolute Gasteiger partial charge is 0.481 e. The Kier molecular flexibility index (Phi) is 6.38. The van der Waals surface area contributed by atoms with Crippen LogP contribution in [0, 0.1) is 11.8 Å². The number of hydrogen-bond donors (Lipinski definition) is 2. The molecular formula is C18H24N2O5. The number of aliphatic carboxylic acids is 1. The van der Waals surface area contributed by atoms with E-state index in [0.717, 1.165) is 5.56 Å². The van der Waals surface area contributed by atoms with Crippen molar-refractivity contribution in [3.63, 3.8) is 0 Å². The van der Waals surface area contributed by atoms with Gasteiger partial charge in [0.2, 0.25) is 0 Å². The molecule has 2 N–H and O–H groups in total. The molecule has 0 spiro atoms. The Morgan fingerprint density at radius 1 is 1.32 bits per heavy atom. The average Bonchev–Trinajstić information content (AvgIpc) is 2.60. The van der Waals surface area contributed by atoms with Gasteiger partial charge >= 0.3 is 18.0 Å². The Balaban J connectivity index is 1.86. The number of nitrogens with zero attached hydrogens (tertiary/aromatic N) is 1. The van der Waals surface area contributed by atoms with Crippen LogP contribution in [-0.4, -0.2) is 54.7 Å². The highest BCUT2D eigenvalue weighted by Crippen LogP contribution is 2.21.